The molecule has 166 valence electrons. The maximum atomic E-state index is 10.2. The van der Waals surface area contributed by atoms with Crippen LogP contribution in [-0.4, -0.2) is 22.8 Å². The zero-order valence-electron chi connectivity index (χ0n) is 19.2. The summed E-state index contributed by atoms with van der Waals surface area (Å²) in [5.74, 6) is 0.671. The van der Waals surface area contributed by atoms with Gasteiger partial charge in [0.05, 0.1) is 0 Å². The van der Waals surface area contributed by atoms with Crippen molar-refractivity contribution < 1.29 is 15.0 Å². The van der Waals surface area contributed by atoms with E-state index in [4.69, 9.17) is 10.2 Å². The smallest absolute Gasteiger partial charge is 0.303 e. The molecule has 0 aliphatic heterocycles. The third-order valence-corrected chi connectivity index (χ3v) is 4.33. The van der Waals surface area contributed by atoms with E-state index in [2.05, 4.69) is 52.0 Å². The molecule has 3 heteroatoms. The van der Waals surface area contributed by atoms with Crippen LogP contribution in [0.3, 0.4) is 0 Å². The Bertz CT molecular complexity index is 370. The van der Waals surface area contributed by atoms with Gasteiger partial charge in [-0.05, 0) is 50.4 Å². The van der Waals surface area contributed by atoms with E-state index in [1.54, 1.807) is 0 Å². The van der Waals surface area contributed by atoms with Crippen LogP contribution in [0.5, 0.6) is 0 Å². The molecular weight excluding hydrogens is 348 g/mol. The first kappa shape index (κ1) is 29.1. The van der Waals surface area contributed by atoms with Crippen LogP contribution in [0.15, 0.2) is 24.3 Å². The minimum atomic E-state index is -0.671. The van der Waals surface area contributed by atoms with Gasteiger partial charge in [-0.1, -0.05) is 90.5 Å². The molecule has 0 aromatic heterocycles. The van der Waals surface area contributed by atoms with Crippen molar-refractivity contribution in [2.24, 2.45) is 11.8 Å². The maximum absolute atomic E-state index is 10.2. The lowest BCUT2D eigenvalue weighted by Crippen LogP contribution is -1.93. The van der Waals surface area contributed by atoms with Crippen molar-refractivity contribution in [2.45, 2.75) is 111 Å². The average Bonchev–Trinajstić information content (AvgIpc) is 2.62. The summed E-state index contributed by atoms with van der Waals surface area (Å²) < 4.78 is 0. The first-order chi connectivity index (χ1) is 13.4. The fraction of sp³-hybridized carbons (Fsp3) is 0.800. The normalized spacial score (nSPS) is 11.5. The summed E-state index contributed by atoms with van der Waals surface area (Å²) >= 11 is 0. The second kappa shape index (κ2) is 23.9. The number of hydrogen-bond acceptors (Lipinski definition) is 2. The fourth-order valence-electron chi connectivity index (χ4n) is 2.71. The summed E-state index contributed by atoms with van der Waals surface area (Å²) in [4.78, 5) is 10.2. The molecule has 0 fully saturated rings. The quantitative estimate of drug-likeness (QED) is 0.197. The molecule has 0 rings (SSSR count). The molecule has 0 saturated heterocycles. The van der Waals surface area contributed by atoms with Crippen molar-refractivity contribution in [2.75, 3.05) is 6.61 Å². The number of unbranched alkanes of at least 4 members (excludes halogenated alkanes) is 10. The Morgan fingerprint density at radius 1 is 0.679 bits per heavy atom. The molecular formula is C25H48O3. The molecule has 3 nitrogen and oxygen atoms in total. The number of carbonyl (C=O) groups is 1. The Hall–Kier alpha value is -1.09. The van der Waals surface area contributed by atoms with Crippen LogP contribution in [0.25, 0.3) is 0 Å². The summed E-state index contributed by atoms with van der Waals surface area (Å²) in [6.07, 6.45) is 23.3. The monoisotopic (exact) mass is 396 g/mol. The highest BCUT2D eigenvalue weighted by molar-refractivity contribution is 5.66. The Kier molecular flexibility index (Phi) is 24.9. The molecule has 0 aromatic carbocycles. The van der Waals surface area contributed by atoms with Crippen molar-refractivity contribution in [1.29, 1.82) is 0 Å². The minimum absolute atomic E-state index is 0.327. The van der Waals surface area contributed by atoms with Crippen LogP contribution in [0, 0.1) is 11.8 Å². The van der Waals surface area contributed by atoms with Gasteiger partial charge in [-0.15, -0.1) is 0 Å². The van der Waals surface area contributed by atoms with Crippen molar-refractivity contribution in [3.8, 4) is 0 Å². The van der Waals surface area contributed by atoms with Gasteiger partial charge in [0.25, 0.3) is 0 Å². The van der Waals surface area contributed by atoms with Gasteiger partial charge in [-0.25, -0.2) is 0 Å². The predicted octanol–water partition coefficient (Wildman–Crippen LogP) is 7.55. The highest BCUT2D eigenvalue weighted by atomic mass is 16.4. The molecule has 2 N–H and O–H groups in total. The summed E-state index contributed by atoms with van der Waals surface area (Å²) in [5, 5.41) is 17.0. The van der Waals surface area contributed by atoms with Crippen LogP contribution < -0.4 is 0 Å². The van der Waals surface area contributed by atoms with Gasteiger partial charge in [0.2, 0.25) is 0 Å². The van der Waals surface area contributed by atoms with Crippen LogP contribution >= 0.6 is 0 Å². The average molecular weight is 397 g/mol. The van der Waals surface area contributed by atoms with Gasteiger partial charge >= 0.3 is 5.97 Å². The third kappa shape index (κ3) is 32.6. The van der Waals surface area contributed by atoms with E-state index in [1.165, 1.54) is 51.4 Å². The topological polar surface area (TPSA) is 57.5 Å². The number of aliphatic carboxylic acids is 1. The molecule has 0 radical (unpaired) electrons. The Labute approximate surface area is 175 Å². The Morgan fingerprint density at radius 2 is 1.07 bits per heavy atom. The van der Waals surface area contributed by atoms with Gasteiger partial charge in [0.15, 0.2) is 0 Å². The van der Waals surface area contributed by atoms with E-state index in [9.17, 15) is 4.79 Å². The minimum Gasteiger partial charge on any atom is -0.481 e. The molecule has 0 atom stereocenters. The fourth-order valence-corrected chi connectivity index (χ4v) is 2.71. The van der Waals surface area contributed by atoms with E-state index in [-0.39, 0.29) is 0 Å². The lowest BCUT2D eigenvalue weighted by molar-refractivity contribution is -0.137. The lowest BCUT2D eigenvalue weighted by atomic mass is 10.1. The number of aliphatic hydroxyl groups excluding tert-OH is 1. The standard InChI is InChI=1S/C13H24O2.C12H24O/c1-12(2)10-8-6-4-3-5-7-9-11-13(14)15;1-12(2)10-8-6-4-3-5-7-9-11-13/h8,10,12H,3-7,9,11H2,1-2H3,(H,14,15);8,10,12-13H,3-7,9,11H2,1-2H3/b2*10-8+. The van der Waals surface area contributed by atoms with E-state index in [1.807, 2.05) is 0 Å². The molecule has 0 aromatic rings. The first-order valence-electron chi connectivity index (χ1n) is 11.6. The lowest BCUT2D eigenvalue weighted by Gasteiger charge is -1.98. The molecule has 0 bridgehead atoms. The SMILES string of the molecule is CC(C)/C=C/CCCCCCCC(=O)O.CC(C)/C=C/CCCCCCCO. The highest BCUT2D eigenvalue weighted by Gasteiger charge is 1.95. The number of carboxylic acid groups (broad SMARTS) is 1. The third-order valence-electron chi connectivity index (χ3n) is 4.33. The number of allylic oxidation sites excluding steroid dienone is 4. The number of aliphatic hydroxyl groups is 1. The van der Waals surface area contributed by atoms with Crippen molar-refractivity contribution in [3.05, 3.63) is 24.3 Å². The Morgan fingerprint density at radius 3 is 1.46 bits per heavy atom. The van der Waals surface area contributed by atoms with E-state index < -0.39 is 5.97 Å². The van der Waals surface area contributed by atoms with Crippen LogP contribution in [-0.2, 0) is 4.79 Å². The number of carboxylic acids is 1. The summed E-state index contributed by atoms with van der Waals surface area (Å²) in [6.45, 7) is 9.13. The molecule has 28 heavy (non-hydrogen) atoms. The summed E-state index contributed by atoms with van der Waals surface area (Å²) in [7, 11) is 0. The van der Waals surface area contributed by atoms with E-state index in [0.717, 1.165) is 25.7 Å². The molecule has 0 spiro atoms. The van der Waals surface area contributed by atoms with Gasteiger partial charge in [-0.3, -0.25) is 4.79 Å². The molecule has 0 aliphatic carbocycles. The van der Waals surface area contributed by atoms with Crippen LogP contribution in [0.2, 0.25) is 0 Å². The summed E-state index contributed by atoms with van der Waals surface area (Å²) in [5.41, 5.74) is 0. The molecule has 0 heterocycles. The maximum Gasteiger partial charge on any atom is 0.303 e. The van der Waals surface area contributed by atoms with Crippen LogP contribution in [0.1, 0.15) is 111 Å². The number of hydrogen-bond donors (Lipinski definition) is 2. The second-order valence-corrected chi connectivity index (χ2v) is 8.32. The zero-order chi connectivity index (χ0) is 21.5. The van der Waals surface area contributed by atoms with Gasteiger partial charge < -0.3 is 10.2 Å². The second-order valence-electron chi connectivity index (χ2n) is 8.32. The van der Waals surface area contributed by atoms with Crippen molar-refractivity contribution in [3.63, 3.8) is 0 Å². The van der Waals surface area contributed by atoms with Gasteiger partial charge in [0, 0.05) is 13.0 Å². The predicted molar refractivity (Wildman–Crippen MR) is 123 cm³/mol. The van der Waals surface area contributed by atoms with Crippen molar-refractivity contribution >= 4 is 5.97 Å². The molecule has 0 saturated carbocycles. The van der Waals surface area contributed by atoms with E-state index >= 15 is 0 Å². The molecule has 0 unspecified atom stereocenters. The summed E-state index contributed by atoms with van der Waals surface area (Å²) in [6, 6.07) is 0. The first-order valence-corrected chi connectivity index (χ1v) is 11.6. The van der Waals surface area contributed by atoms with Gasteiger partial charge in [0.1, 0.15) is 0 Å². The van der Waals surface area contributed by atoms with Crippen molar-refractivity contribution in [1.82, 2.24) is 0 Å². The number of rotatable bonds is 17. The zero-order valence-corrected chi connectivity index (χ0v) is 19.2. The Balaban J connectivity index is 0. The largest absolute Gasteiger partial charge is 0.481 e. The molecule has 0 amide bonds. The highest BCUT2D eigenvalue weighted by Crippen LogP contribution is 2.08. The van der Waals surface area contributed by atoms with Gasteiger partial charge in [-0.2, -0.15) is 0 Å². The molecule has 0 aliphatic rings. The van der Waals surface area contributed by atoms with E-state index in [0.29, 0.717) is 24.9 Å². The van der Waals surface area contributed by atoms with Crippen LogP contribution in [0.4, 0.5) is 0 Å².